The topological polar surface area (TPSA) is 58.0 Å². The molecule has 0 amide bonds. The lowest BCUT2D eigenvalue weighted by Crippen LogP contribution is -2.18. The fourth-order valence-electron chi connectivity index (χ4n) is 1.06. The van der Waals surface area contributed by atoms with Crippen LogP contribution in [0.4, 0.5) is 10.2 Å². The van der Waals surface area contributed by atoms with Gasteiger partial charge in [0.25, 0.3) is 0 Å². The maximum absolute atomic E-state index is 13.4. The van der Waals surface area contributed by atoms with Gasteiger partial charge in [-0.3, -0.25) is 0 Å². The third kappa shape index (κ3) is 2.63. The molecule has 0 aromatic carbocycles. The molecule has 5 heteroatoms. The van der Waals surface area contributed by atoms with Gasteiger partial charge in [-0.15, -0.1) is 0 Å². The number of aromatic nitrogens is 2. The summed E-state index contributed by atoms with van der Waals surface area (Å²) in [6.07, 6.45) is 1.87. The minimum atomic E-state index is -0.433. The first-order chi connectivity index (χ1) is 6.65. The van der Waals surface area contributed by atoms with Crippen LogP contribution < -0.4 is 5.32 Å². The van der Waals surface area contributed by atoms with Crippen LogP contribution in [0.15, 0.2) is 6.33 Å². The highest BCUT2D eigenvalue weighted by atomic mass is 19.1. The number of nitrogens with one attached hydrogen (secondary N) is 1. The van der Waals surface area contributed by atoms with Gasteiger partial charge in [-0.2, -0.15) is 0 Å². The SMILES string of the molecule is Cc1ncnc(NC(C)CCO)c1F. The van der Waals surface area contributed by atoms with E-state index in [0.29, 0.717) is 12.1 Å². The Bertz CT molecular complexity index is 306. The Hall–Kier alpha value is -1.23. The number of rotatable bonds is 4. The van der Waals surface area contributed by atoms with Crippen molar-refractivity contribution in [2.45, 2.75) is 26.3 Å². The number of aryl methyl sites for hydroxylation is 1. The molecular formula is C9H14FN3O. The lowest BCUT2D eigenvalue weighted by atomic mass is 10.2. The Morgan fingerprint density at radius 2 is 2.29 bits per heavy atom. The van der Waals surface area contributed by atoms with Gasteiger partial charge in [0.15, 0.2) is 11.6 Å². The first-order valence-electron chi connectivity index (χ1n) is 4.49. The molecule has 1 unspecified atom stereocenters. The Morgan fingerprint density at radius 3 is 2.93 bits per heavy atom. The molecule has 14 heavy (non-hydrogen) atoms. The van der Waals surface area contributed by atoms with Crippen molar-refractivity contribution in [3.63, 3.8) is 0 Å². The van der Waals surface area contributed by atoms with Crippen molar-refractivity contribution in [2.75, 3.05) is 11.9 Å². The Morgan fingerprint density at radius 1 is 1.57 bits per heavy atom. The number of aliphatic hydroxyl groups excluding tert-OH is 1. The summed E-state index contributed by atoms with van der Waals surface area (Å²) in [5, 5.41) is 11.5. The third-order valence-corrected chi connectivity index (χ3v) is 1.91. The molecule has 0 bridgehead atoms. The van der Waals surface area contributed by atoms with Crippen LogP contribution in [0.3, 0.4) is 0 Å². The Kier molecular flexibility index (Phi) is 3.76. The maximum Gasteiger partial charge on any atom is 0.186 e. The van der Waals surface area contributed by atoms with Crippen LogP contribution in [0.5, 0.6) is 0 Å². The smallest absolute Gasteiger partial charge is 0.186 e. The number of nitrogens with zero attached hydrogens (tertiary/aromatic N) is 2. The van der Waals surface area contributed by atoms with E-state index >= 15 is 0 Å². The molecule has 0 spiro atoms. The molecule has 78 valence electrons. The second-order valence-corrected chi connectivity index (χ2v) is 3.18. The number of aliphatic hydroxyl groups is 1. The summed E-state index contributed by atoms with van der Waals surface area (Å²) < 4.78 is 13.4. The zero-order chi connectivity index (χ0) is 10.6. The standard InChI is InChI=1S/C9H14FN3O/c1-6(3-4-14)13-9-8(10)7(2)11-5-12-9/h5-6,14H,3-4H2,1-2H3,(H,11,12,13). The van der Waals surface area contributed by atoms with E-state index in [1.807, 2.05) is 6.92 Å². The molecule has 4 nitrogen and oxygen atoms in total. The van der Waals surface area contributed by atoms with Gasteiger partial charge in [-0.1, -0.05) is 0 Å². The molecule has 1 aromatic heterocycles. The first-order valence-corrected chi connectivity index (χ1v) is 4.49. The van der Waals surface area contributed by atoms with Gasteiger partial charge in [0.1, 0.15) is 6.33 Å². The number of hydrogen-bond donors (Lipinski definition) is 2. The molecule has 0 aliphatic heterocycles. The normalized spacial score (nSPS) is 12.6. The summed E-state index contributed by atoms with van der Waals surface area (Å²) in [6, 6.07) is -0.0104. The van der Waals surface area contributed by atoms with Crippen molar-refractivity contribution >= 4 is 5.82 Å². The summed E-state index contributed by atoms with van der Waals surface area (Å²) >= 11 is 0. The monoisotopic (exact) mass is 199 g/mol. The van der Waals surface area contributed by atoms with E-state index in [9.17, 15) is 4.39 Å². The van der Waals surface area contributed by atoms with E-state index in [1.165, 1.54) is 6.33 Å². The maximum atomic E-state index is 13.4. The van der Waals surface area contributed by atoms with Crippen molar-refractivity contribution in [3.05, 3.63) is 17.8 Å². The van der Waals surface area contributed by atoms with Crippen LogP contribution in [0.2, 0.25) is 0 Å². The zero-order valence-corrected chi connectivity index (χ0v) is 8.29. The quantitative estimate of drug-likeness (QED) is 0.762. The van der Waals surface area contributed by atoms with Crippen molar-refractivity contribution in [1.29, 1.82) is 0 Å². The summed E-state index contributed by atoms with van der Waals surface area (Å²) in [5.74, 6) is -0.240. The highest BCUT2D eigenvalue weighted by Crippen LogP contribution is 2.13. The zero-order valence-electron chi connectivity index (χ0n) is 8.29. The van der Waals surface area contributed by atoms with Crippen LogP contribution >= 0.6 is 0 Å². The van der Waals surface area contributed by atoms with Crippen LogP contribution in [0.25, 0.3) is 0 Å². The van der Waals surface area contributed by atoms with E-state index in [1.54, 1.807) is 6.92 Å². The molecule has 1 atom stereocenters. The highest BCUT2D eigenvalue weighted by molar-refractivity contribution is 5.37. The average molecular weight is 199 g/mol. The summed E-state index contributed by atoms with van der Waals surface area (Å²) in [5.41, 5.74) is 0.318. The molecule has 0 aliphatic carbocycles. The van der Waals surface area contributed by atoms with Crippen molar-refractivity contribution in [3.8, 4) is 0 Å². The molecular weight excluding hydrogens is 185 g/mol. The predicted octanol–water partition coefficient (Wildman–Crippen LogP) is 1.11. The molecule has 1 heterocycles. The second kappa shape index (κ2) is 4.85. The van der Waals surface area contributed by atoms with E-state index in [2.05, 4.69) is 15.3 Å². The Balaban J connectivity index is 2.71. The predicted molar refractivity (Wildman–Crippen MR) is 51.5 cm³/mol. The van der Waals surface area contributed by atoms with Gasteiger partial charge in [0.05, 0.1) is 5.69 Å². The van der Waals surface area contributed by atoms with Crippen LogP contribution in [0.1, 0.15) is 19.0 Å². The van der Waals surface area contributed by atoms with E-state index in [4.69, 9.17) is 5.11 Å². The molecule has 1 rings (SSSR count). The lowest BCUT2D eigenvalue weighted by molar-refractivity contribution is 0.282. The Labute approximate surface area is 82.2 Å². The fourth-order valence-corrected chi connectivity index (χ4v) is 1.06. The summed E-state index contributed by atoms with van der Waals surface area (Å²) in [7, 11) is 0. The van der Waals surface area contributed by atoms with Gasteiger partial charge >= 0.3 is 0 Å². The summed E-state index contributed by atoms with van der Waals surface area (Å²) in [4.78, 5) is 7.50. The van der Waals surface area contributed by atoms with Crippen molar-refractivity contribution in [1.82, 2.24) is 9.97 Å². The third-order valence-electron chi connectivity index (χ3n) is 1.91. The minimum absolute atomic E-state index is 0.0104. The lowest BCUT2D eigenvalue weighted by Gasteiger charge is -2.13. The van der Waals surface area contributed by atoms with E-state index in [0.717, 1.165) is 0 Å². The first kappa shape index (κ1) is 10.8. The van der Waals surface area contributed by atoms with E-state index < -0.39 is 5.82 Å². The van der Waals surface area contributed by atoms with Crippen molar-refractivity contribution < 1.29 is 9.50 Å². The van der Waals surface area contributed by atoms with Gasteiger partial charge in [0.2, 0.25) is 0 Å². The molecule has 0 aliphatic rings. The molecule has 0 saturated heterocycles. The van der Waals surface area contributed by atoms with Gasteiger partial charge in [0, 0.05) is 12.6 Å². The van der Waals surface area contributed by atoms with Crippen LogP contribution in [-0.2, 0) is 0 Å². The molecule has 1 aromatic rings. The number of halogens is 1. The second-order valence-electron chi connectivity index (χ2n) is 3.18. The molecule has 0 radical (unpaired) electrons. The van der Waals surface area contributed by atoms with Gasteiger partial charge in [-0.05, 0) is 20.3 Å². The van der Waals surface area contributed by atoms with E-state index in [-0.39, 0.29) is 18.5 Å². The minimum Gasteiger partial charge on any atom is -0.396 e. The van der Waals surface area contributed by atoms with Gasteiger partial charge < -0.3 is 10.4 Å². The largest absolute Gasteiger partial charge is 0.396 e. The molecule has 2 N–H and O–H groups in total. The number of anilines is 1. The fraction of sp³-hybridized carbons (Fsp3) is 0.556. The molecule has 0 saturated carbocycles. The number of hydrogen-bond acceptors (Lipinski definition) is 4. The van der Waals surface area contributed by atoms with Crippen LogP contribution in [-0.4, -0.2) is 27.7 Å². The average Bonchev–Trinajstić information content (AvgIpc) is 2.13. The van der Waals surface area contributed by atoms with Gasteiger partial charge in [-0.25, -0.2) is 14.4 Å². The van der Waals surface area contributed by atoms with Crippen molar-refractivity contribution in [2.24, 2.45) is 0 Å². The summed E-state index contributed by atoms with van der Waals surface area (Å²) in [6.45, 7) is 3.51. The molecule has 0 fully saturated rings. The highest BCUT2D eigenvalue weighted by Gasteiger charge is 2.09. The van der Waals surface area contributed by atoms with Crippen LogP contribution in [0, 0.1) is 12.7 Å².